The second kappa shape index (κ2) is 9.76. The summed E-state index contributed by atoms with van der Waals surface area (Å²) in [6.07, 6.45) is 2.99. The van der Waals surface area contributed by atoms with Crippen molar-refractivity contribution >= 4 is 28.7 Å². The molecule has 1 aliphatic heterocycles. The number of para-hydroxylation sites is 3. The number of rotatable bonds is 8. The average molecular weight is 485 g/mol. The molecule has 6 nitrogen and oxygen atoms in total. The van der Waals surface area contributed by atoms with E-state index in [9.17, 15) is 4.79 Å². The average Bonchev–Trinajstić information content (AvgIpc) is 3.44. The number of benzene rings is 3. The number of carbonyl (C=O) groups is 1. The molecule has 178 valence electrons. The van der Waals surface area contributed by atoms with E-state index in [0.717, 1.165) is 59.1 Å². The topological polar surface area (TPSA) is 70.2 Å². The number of amides is 1. The first kappa shape index (κ1) is 22.2. The summed E-state index contributed by atoms with van der Waals surface area (Å²) in [5.41, 5.74) is 3.16. The van der Waals surface area contributed by atoms with Crippen molar-refractivity contribution in [2.45, 2.75) is 48.3 Å². The molecule has 3 aromatic carbocycles. The summed E-state index contributed by atoms with van der Waals surface area (Å²) >= 11 is 1.74. The van der Waals surface area contributed by atoms with Gasteiger partial charge >= 0.3 is 0 Å². The predicted octanol–water partition coefficient (Wildman–Crippen LogP) is 5.37. The molecule has 1 saturated carbocycles. The third-order valence-electron chi connectivity index (χ3n) is 6.50. The van der Waals surface area contributed by atoms with Gasteiger partial charge in [0.25, 0.3) is 0 Å². The van der Waals surface area contributed by atoms with E-state index in [-0.39, 0.29) is 17.2 Å². The van der Waals surface area contributed by atoms with Gasteiger partial charge in [-0.15, -0.1) is 0 Å². The standard InChI is InChI=1S/C28H28N4O2S/c33-27(29-20-13-14-20)26-16-23(35-28-30-24-11-4-5-12-25(24)31-28)18-32(26)17-19-7-6-10-22(15-19)34-21-8-2-1-3-9-21/h1-12,15,20,23,26H,13-14,16-18H2,(H,29,33)(H,30,31)/t23-,26+/m1/s1. The van der Waals surface area contributed by atoms with E-state index in [1.165, 1.54) is 0 Å². The molecule has 2 fully saturated rings. The van der Waals surface area contributed by atoms with Crippen LogP contribution in [-0.2, 0) is 11.3 Å². The molecule has 2 aliphatic rings. The molecule has 1 aliphatic carbocycles. The first-order chi connectivity index (χ1) is 17.2. The highest BCUT2D eigenvalue weighted by Gasteiger charge is 2.39. The Balaban J connectivity index is 1.18. The van der Waals surface area contributed by atoms with Crippen LogP contribution in [0.3, 0.4) is 0 Å². The van der Waals surface area contributed by atoms with E-state index in [1.807, 2.05) is 66.7 Å². The minimum Gasteiger partial charge on any atom is -0.457 e. The Morgan fingerprint density at radius 1 is 1.03 bits per heavy atom. The number of fused-ring (bicyclic) bond motifs is 1. The van der Waals surface area contributed by atoms with E-state index >= 15 is 0 Å². The maximum atomic E-state index is 13.1. The van der Waals surface area contributed by atoms with E-state index in [2.05, 4.69) is 27.3 Å². The van der Waals surface area contributed by atoms with Gasteiger partial charge in [-0.2, -0.15) is 0 Å². The highest BCUT2D eigenvalue weighted by atomic mass is 32.2. The molecule has 35 heavy (non-hydrogen) atoms. The van der Waals surface area contributed by atoms with Crippen LogP contribution in [-0.4, -0.2) is 44.7 Å². The number of ether oxygens (including phenoxy) is 1. The molecule has 4 aromatic rings. The summed E-state index contributed by atoms with van der Waals surface area (Å²) < 4.78 is 6.03. The zero-order chi connectivity index (χ0) is 23.6. The first-order valence-electron chi connectivity index (χ1n) is 12.2. The van der Waals surface area contributed by atoms with Crippen LogP contribution >= 0.6 is 11.8 Å². The number of aromatic nitrogens is 2. The summed E-state index contributed by atoms with van der Waals surface area (Å²) in [6, 6.07) is 26.3. The van der Waals surface area contributed by atoms with Crippen molar-refractivity contribution in [3.63, 3.8) is 0 Å². The van der Waals surface area contributed by atoms with Crippen molar-refractivity contribution < 1.29 is 9.53 Å². The minimum atomic E-state index is -0.142. The second-order valence-electron chi connectivity index (χ2n) is 9.33. The Bertz CT molecular complexity index is 1290. The van der Waals surface area contributed by atoms with Gasteiger partial charge in [0.15, 0.2) is 5.16 Å². The molecular formula is C28H28N4O2S. The highest BCUT2D eigenvalue weighted by molar-refractivity contribution is 7.99. The minimum absolute atomic E-state index is 0.142. The summed E-state index contributed by atoms with van der Waals surface area (Å²) in [5.74, 6) is 1.77. The van der Waals surface area contributed by atoms with Gasteiger partial charge < -0.3 is 15.0 Å². The van der Waals surface area contributed by atoms with Crippen LogP contribution in [0.15, 0.2) is 84.0 Å². The molecule has 0 unspecified atom stereocenters. The van der Waals surface area contributed by atoms with Crippen molar-refractivity contribution in [1.29, 1.82) is 0 Å². The summed E-state index contributed by atoms with van der Waals surface area (Å²) in [7, 11) is 0. The summed E-state index contributed by atoms with van der Waals surface area (Å²) in [6.45, 7) is 1.53. The fourth-order valence-corrected chi connectivity index (χ4v) is 5.81. The molecule has 2 heterocycles. The van der Waals surface area contributed by atoms with Gasteiger partial charge in [-0.25, -0.2) is 4.98 Å². The molecule has 1 saturated heterocycles. The number of nitrogens with zero attached hydrogens (tertiary/aromatic N) is 2. The fraction of sp³-hybridized carbons (Fsp3) is 0.286. The number of nitrogens with one attached hydrogen (secondary N) is 2. The van der Waals surface area contributed by atoms with Crippen LogP contribution in [0.25, 0.3) is 11.0 Å². The fourth-order valence-electron chi connectivity index (χ4n) is 4.63. The number of H-pyrrole nitrogens is 1. The van der Waals surface area contributed by atoms with Crippen LogP contribution in [0.1, 0.15) is 24.8 Å². The number of hydrogen-bond donors (Lipinski definition) is 2. The lowest BCUT2D eigenvalue weighted by Crippen LogP contribution is -2.43. The second-order valence-corrected chi connectivity index (χ2v) is 10.6. The molecule has 1 amide bonds. The molecule has 1 aromatic heterocycles. The number of carbonyl (C=O) groups excluding carboxylic acids is 1. The van der Waals surface area contributed by atoms with Gasteiger partial charge in [-0.3, -0.25) is 9.69 Å². The maximum Gasteiger partial charge on any atom is 0.237 e. The largest absolute Gasteiger partial charge is 0.457 e. The van der Waals surface area contributed by atoms with Gasteiger partial charge in [0.2, 0.25) is 5.91 Å². The zero-order valence-corrected chi connectivity index (χ0v) is 20.2. The Morgan fingerprint density at radius 2 is 1.83 bits per heavy atom. The number of thioether (sulfide) groups is 1. The van der Waals surface area contributed by atoms with Gasteiger partial charge in [-0.1, -0.05) is 54.2 Å². The normalized spacial score (nSPS) is 20.2. The molecular weight excluding hydrogens is 456 g/mol. The Hall–Kier alpha value is -3.29. The van der Waals surface area contributed by atoms with E-state index < -0.39 is 0 Å². The Kier molecular flexibility index (Phi) is 6.19. The molecule has 7 heteroatoms. The molecule has 0 radical (unpaired) electrons. The third kappa shape index (κ3) is 5.36. The number of imidazole rings is 1. The molecule has 0 bridgehead atoms. The lowest BCUT2D eigenvalue weighted by atomic mass is 10.1. The van der Waals surface area contributed by atoms with Crippen LogP contribution in [0.5, 0.6) is 11.5 Å². The quantitative estimate of drug-likeness (QED) is 0.352. The van der Waals surface area contributed by atoms with Crippen LogP contribution < -0.4 is 10.1 Å². The smallest absolute Gasteiger partial charge is 0.237 e. The zero-order valence-electron chi connectivity index (χ0n) is 19.4. The SMILES string of the molecule is O=C(NC1CC1)[C@@H]1C[C@@H](Sc2nc3ccccc3[nH]2)CN1Cc1cccc(Oc2ccccc2)c1. The van der Waals surface area contributed by atoms with E-state index in [0.29, 0.717) is 12.6 Å². The van der Waals surface area contributed by atoms with Gasteiger partial charge in [-0.05, 0) is 61.2 Å². The van der Waals surface area contributed by atoms with Gasteiger partial charge in [0, 0.05) is 24.4 Å². The van der Waals surface area contributed by atoms with Gasteiger partial charge in [0.1, 0.15) is 11.5 Å². The maximum absolute atomic E-state index is 13.1. The molecule has 2 atom stereocenters. The molecule has 2 N–H and O–H groups in total. The first-order valence-corrected chi connectivity index (χ1v) is 13.1. The Morgan fingerprint density at radius 3 is 2.66 bits per heavy atom. The van der Waals surface area contributed by atoms with Crippen LogP contribution in [0, 0.1) is 0 Å². The van der Waals surface area contributed by atoms with Crippen molar-refractivity contribution in [1.82, 2.24) is 20.2 Å². The predicted molar refractivity (Wildman–Crippen MR) is 139 cm³/mol. The van der Waals surface area contributed by atoms with Crippen LogP contribution in [0.2, 0.25) is 0 Å². The Labute approximate surface area is 209 Å². The monoisotopic (exact) mass is 484 g/mol. The molecule has 0 spiro atoms. The highest BCUT2D eigenvalue weighted by Crippen LogP contribution is 2.34. The lowest BCUT2D eigenvalue weighted by Gasteiger charge is -2.23. The van der Waals surface area contributed by atoms with Crippen LogP contribution in [0.4, 0.5) is 0 Å². The van der Waals surface area contributed by atoms with Crippen molar-refractivity contribution in [3.05, 3.63) is 84.4 Å². The number of aromatic amines is 1. The van der Waals surface area contributed by atoms with Crippen molar-refractivity contribution in [3.8, 4) is 11.5 Å². The van der Waals surface area contributed by atoms with Crippen molar-refractivity contribution in [2.75, 3.05) is 6.54 Å². The van der Waals surface area contributed by atoms with E-state index in [1.54, 1.807) is 11.8 Å². The number of hydrogen-bond acceptors (Lipinski definition) is 5. The van der Waals surface area contributed by atoms with Gasteiger partial charge in [0.05, 0.1) is 17.1 Å². The third-order valence-corrected chi connectivity index (χ3v) is 7.59. The lowest BCUT2D eigenvalue weighted by molar-refractivity contribution is -0.125. The summed E-state index contributed by atoms with van der Waals surface area (Å²) in [4.78, 5) is 23.6. The van der Waals surface area contributed by atoms with Crippen molar-refractivity contribution in [2.24, 2.45) is 0 Å². The molecule has 6 rings (SSSR count). The summed E-state index contributed by atoms with van der Waals surface area (Å²) in [5, 5.41) is 4.42. The van der Waals surface area contributed by atoms with E-state index in [4.69, 9.17) is 9.72 Å². The number of likely N-dealkylation sites (tertiary alicyclic amines) is 1.